The van der Waals surface area contributed by atoms with Gasteiger partial charge < -0.3 is 15.5 Å². The number of benzene rings is 2. The first-order valence-electron chi connectivity index (χ1n) is 7.76. The second-order valence-electron chi connectivity index (χ2n) is 5.71. The Morgan fingerprint density at radius 3 is 2.71 bits per heavy atom. The van der Waals surface area contributed by atoms with Gasteiger partial charge in [0.2, 0.25) is 5.91 Å². The molecule has 1 aliphatic heterocycles. The van der Waals surface area contributed by atoms with Crippen LogP contribution in [-0.4, -0.2) is 25.5 Å². The highest BCUT2D eigenvalue weighted by atomic mass is 35.5. The lowest BCUT2D eigenvalue weighted by Crippen LogP contribution is -2.42. The molecule has 2 aromatic carbocycles. The molecule has 0 bridgehead atoms. The van der Waals surface area contributed by atoms with Crippen LogP contribution < -0.4 is 15.5 Å². The smallest absolute Gasteiger partial charge is 0.239 e. The molecule has 6 heteroatoms. The van der Waals surface area contributed by atoms with Crippen molar-refractivity contribution < 1.29 is 9.18 Å². The van der Waals surface area contributed by atoms with Gasteiger partial charge in [-0.2, -0.15) is 0 Å². The number of para-hydroxylation sites is 2. The molecular formula is C18H21ClFN3O. The van der Waals surface area contributed by atoms with Crippen molar-refractivity contribution in [2.24, 2.45) is 0 Å². The van der Waals surface area contributed by atoms with E-state index in [1.54, 1.807) is 12.1 Å². The van der Waals surface area contributed by atoms with E-state index in [0.29, 0.717) is 6.54 Å². The van der Waals surface area contributed by atoms with E-state index in [0.717, 1.165) is 30.0 Å². The van der Waals surface area contributed by atoms with Crippen LogP contribution in [0.2, 0.25) is 0 Å². The average molecular weight is 350 g/mol. The standard InChI is InChI=1S/C18H20FN3O.ClH/c1-13(14-6-8-15(19)9-7-14)21-18(23)12-22-11-10-20-16-4-2-3-5-17(16)22;/h2-9,13,20H,10-12H2,1H3,(H,21,23);1H. The fourth-order valence-electron chi connectivity index (χ4n) is 2.80. The molecular weight excluding hydrogens is 329 g/mol. The highest BCUT2D eigenvalue weighted by Crippen LogP contribution is 2.28. The number of rotatable bonds is 4. The van der Waals surface area contributed by atoms with Crippen molar-refractivity contribution in [3.8, 4) is 0 Å². The first-order valence-corrected chi connectivity index (χ1v) is 7.76. The Kier molecular flexibility index (Phi) is 6.04. The maximum atomic E-state index is 13.0. The summed E-state index contributed by atoms with van der Waals surface area (Å²) in [6, 6.07) is 14.0. The number of nitrogens with one attached hydrogen (secondary N) is 2. The van der Waals surface area contributed by atoms with E-state index in [4.69, 9.17) is 0 Å². The normalized spacial score (nSPS) is 14.0. The van der Waals surface area contributed by atoms with Gasteiger partial charge in [0.05, 0.1) is 24.0 Å². The van der Waals surface area contributed by atoms with Crippen LogP contribution >= 0.6 is 12.4 Å². The number of amides is 1. The maximum Gasteiger partial charge on any atom is 0.239 e. The van der Waals surface area contributed by atoms with Crippen molar-refractivity contribution >= 4 is 29.7 Å². The summed E-state index contributed by atoms with van der Waals surface area (Å²) in [4.78, 5) is 14.4. The number of hydrogen-bond acceptors (Lipinski definition) is 3. The van der Waals surface area contributed by atoms with Crippen LogP contribution in [-0.2, 0) is 4.79 Å². The fraction of sp³-hybridized carbons (Fsp3) is 0.278. The molecule has 1 heterocycles. The lowest BCUT2D eigenvalue weighted by molar-refractivity contribution is -0.120. The van der Waals surface area contributed by atoms with E-state index < -0.39 is 0 Å². The van der Waals surface area contributed by atoms with Gasteiger partial charge in [0.1, 0.15) is 5.82 Å². The fourth-order valence-corrected chi connectivity index (χ4v) is 2.80. The molecule has 0 saturated heterocycles. The number of anilines is 2. The van der Waals surface area contributed by atoms with Crippen molar-refractivity contribution in [2.75, 3.05) is 29.9 Å². The average Bonchev–Trinajstić information content (AvgIpc) is 2.55. The summed E-state index contributed by atoms with van der Waals surface area (Å²) in [5.74, 6) is -0.316. The molecule has 0 radical (unpaired) electrons. The zero-order valence-electron chi connectivity index (χ0n) is 13.5. The van der Waals surface area contributed by atoms with E-state index in [2.05, 4.69) is 15.5 Å². The van der Waals surface area contributed by atoms with E-state index >= 15 is 0 Å². The van der Waals surface area contributed by atoms with Crippen LogP contribution in [0.3, 0.4) is 0 Å². The quantitative estimate of drug-likeness (QED) is 0.889. The van der Waals surface area contributed by atoms with Crippen molar-refractivity contribution in [2.45, 2.75) is 13.0 Å². The molecule has 128 valence electrons. The highest BCUT2D eigenvalue weighted by Gasteiger charge is 2.19. The van der Waals surface area contributed by atoms with E-state index in [1.165, 1.54) is 12.1 Å². The number of nitrogens with zero attached hydrogens (tertiary/aromatic N) is 1. The van der Waals surface area contributed by atoms with E-state index in [-0.39, 0.29) is 30.2 Å². The topological polar surface area (TPSA) is 44.4 Å². The summed E-state index contributed by atoms with van der Waals surface area (Å²) in [5.41, 5.74) is 2.99. The first-order chi connectivity index (χ1) is 11.1. The Bertz CT molecular complexity index is 693. The molecule has 1 atom stereocenters. The molecule has 0 spiro atoms. The van der Waals surface area contributed by atoms with Crippen LogP contribution in [0.4, 0.5) is 15.8 Å². The van der Waals surface area contributed by atoms with Gasteiger partial charge in [0.15, 0.2) is 0 Å². The molecule has 1 aliphatic rings. The predicted octanol–water partition coefficient (Wildman–Crippen LogP) is 3.36. The summed E-state index contributed by atoms with van der Waals surface area (Å²) in [7, 11) is 0. The molecule has 2 aromatic rings. The van der Waals surface area contributed by atoms with Crippen LogP contribution in [0, 0.1) is 5.82 Å². The zero-order chi connectivity index (χ0) is 16.2. The van der Waals surface area contributed by atoms with Gasteiger partial charge in [0, 0.05) is 13.1 Å². The van der Waals surface area contributed by atoms with Crippen LogP contribution in [0.5, 0.6) is 0 Å². The summed E-state index contributed by atoms with van der Waals surface area (Å²) in [6.45, 7) is 3.81. The molecule has 4 nitrogen and oxygen atoms in total. The number of hydrogen-bond donors (Lipinski definition) is 2. The number of halogens is 2. The summed E-state index contributed by atoms with van der Waals surface area (Å²) < 4.78 is 13.0. The van der Waals surface area contributed by atoms with Gasteiger partial charge in [-0.05, 0) is 36.8 Å². The Hall–Kier alpha value is -2.27. The largest absolute Gasteiger partial charge is 0.382 e. The highest BCUT2D eigenvalue weighted by molar-refractivity contribution is 5.85. The predicted molar refractivity (Wildman–Crippen MR) is 97.4 cm³/mol. The summed E-state index contributed by atoms with van der Waals surface area (Å²) in [6.07, 6.45) is 0. The Labute approximate surface area is 147 Å². The van der Waals surface area contributed by atoms with Crippen molar-refractivity contribution in [1.29, 1.82) is 0 Å². The molecule has 24 heavy (non-hydrogen) atoms. The molecule has 0 aliphatic carbocycles. The first kappa shape index (κ1) is 18.1. The van der Waals surface area contributed by atoms with Crippen LogP contribution in [0.15, 0.2) is 48.5 Å². The number of fused-ring (bicyclic) bond motifs is 1. The SMILES string of the molecule is CC(NC(=O)CN1CCNc2ccccc21)c1ccc(F)cc1.Cl. The summed E-state index contributed by atoms with van der Waals surface area (Å²) in [5, 5.41) is 6.30. The minimum absolute atomic E-state index is 0. The summed E-state index contributed by atoms with van der Waals surface area (Å²) >= 11 is 0. The molecule has 1 amide bonds. The number of carbonyl (C=O) groups is 1. The third kappa shape index (κ3) is 4.17. The van der Waals surface area contributed by atoms with Crippen molar-refractivity contribution in [3.63, 3.8) is 0 Å². The zero-order valence-corrected chi connectivity index (χ0v) is 14.3. The molecule has 3 rings (SSSR count). The molecule has 0 fully saturated rings. The van der Waals surface area contributed by atoms with Crippen LogP contribution in [0.25, 0.3) is 0 Å². The second-order valence-corrected chi connectivity index (χ2v) is 5.71. The maximum absolute atomic E-state index is 13.0. The Morgan fingerprint density at radius 2 is 1.96 bits per heavy atom. The Morgan fingerprint density at radius 1 is 1.25 bits per heavy atom. The molecule has 1 unspecified atom stereocenters. The van der Waals surface area contributed by atoms with Gasteiger partial charge >= 0.3 is 0 Å². The van der Waals surface area contributed by atoms with Gasteiger partial charge in [-0.15, -0.1) is 12.4 Å². The molecule has 0 saturated carbocycles. The van der Waals surface area contributed by atoms with Gasteiger partial charge in [-0.3, -0.25) is 4.79 Å². The van der Waals surface area contributed by atoms with Gasteiger partial charge in [-0.1, -0.05) is 24.3 Å². The molecule has 0 aromatic heterocycles. The van der Waals surface area contributed by atoms with Crippen molar-refractivity contribution in [3.05, 3.63) is 59.9 Å². The number of carbonyl (C=O) groups excluding carboxylic acids is 1. The van der Waals surface area contributed by atoms with Crippen LogP contribution in [0.1, 0.15) is 18.5 Å². The van der Waals surface area contributed by atoms with E-state index in [9.17, 15) is 9.18 Å². The molecule has 2 N–H and O–H groups in total. The monoisotopic (exact) mass is 349 g/mol. The Balaban J connectivity index is 0.00000208. The van der Waals surface area contributed by atoms with Crippen molar-refractivity contribution in [1.82, 2.24) is 5.32 Å². The van der Waals surface area contributed by atoms with Gasteiger partial charge in [-0.25, -0.2) is 4.39 Å². The minimum Gasteiger partial charge on any atom is -0.382 e. The lowest BCUT2D eigenvalue weighted by Gasteiger charge is -2.31. The van der Waals surface area contributed by atoms with E-state index in [1.807, 2.05) is 31.2 Å². The lowest BCUT2D eigenvalue weighted by atomic mass is 10.1. The minimum atomic E-state index is -0.273. The third-order valence-corrected chi connectivity index (χ3v) is 4.02. The van der Waals surface area contributed by atoms with Gasteiger partial charge in [0.25, 0.3) is 0 Å². The third-order valence-electron chi connectivity index (χ3n) is 4.02. The second kappa shape index (κ2) is 8.02.